The molecule has 0 unspecified atom stereocenters. The third kappa shape index (κ3) is 4.38. The van der Waals surface area contributed by atoms with Crippen molar-refractivity contribution in [1.29, 1.82) is 0 Å². The van der Waals surface area contributed by atoms with E-state index in [4.69, 9.17) is 5.73 Å². The number of aryl methyl sites for hydroxylation is 1. The van der Waals surface area contributed by atoms with Crippen LogP contribution >= 0.6 is 0 Å². The van der Waals surface area contributed by atoms with E-state index in [1.54, 1.807) is 0 Å². The first-order chi connectivity index (χ1) is 16.7. The summed E-state index contributed by atoms with van der Waals surface area (Å²) in [5.74, 6) is 0.126. The summed E-state index contributed by atoms with van der Waals surface area (Å²) in [7, 11) is 0. The Kier molecular flexibility index (Phi) is 6.27. The molecule has 0 fully saturated rings. The summed E-state index contributed by atoms with van der Waals surface area (Å²) in [6.45, 7) is 2.17. The highest BCUT2D eigenvalue weighted by atomic mass is 14.6. The monoisotopic (exact) mass is 439 g/mol. The Morgan fingerprint density at radius 2 is 0.706 bits per heavy atom. The predicted octanol–water partition coefficient (Wildman–Crippen LogP) is 7.94. The highest BCUT2D eigenvalue weighted by molar-refractivity contribution is 5.65. The van der Waals surface area contributed by atoms with E-state index in [9.17, 15) is 0 Å². The van der Waals surface area contributed by atoms with Crippen LogP contribution in [0.1, 0.15) is 50.8 Å². The van der Waals surface area contributed by atoms with Crippen molar-refractivity contribution in [2.75, 3.05) is 5.73 Å². The normalized spacial score (nSPS) is 11.1. The van der Waals surface area contributed by atoms with Crippen molar-refractivity contribution in [3.8, 4) is 0 Å². The van der Waals surface area contributed by atoms with Gasteiger partial charge in [0.15, 0.2) is 0 Å². The molecule has 0 aliphatic rings. The van der Waals surface area contributed by atoms with Crippen molar-refractivity contribution < 1.29 is 0 Å². The molecule has 0 aliphatic carbocycles. The van der Waals surface area contributed by atoms with Gasteiger partial charge in [0.2, 0.25) is 0 Å². The average Bonchev–Trinajstić information content (AvgIpc) is 2.89. The lowest BCUT2D eigenvalue weighted by Crippen LogP contribution is -2.13. The van der Waals surface area contributed by atoms with Crippen LogP contribution in [-0.4, -0.2) is 0 Å². The smallest absolute Gasteiger partial charge is 0.0398 e. The Bertz CT molecular complexity index is 1160. The molecule has 166 valence electrons. The zero-order valence-corrected chi connectivity index (χ0v) is 19.4. The van der Waals surface area contributed by atoms with Crippen molar-refractivity contribution >= 4 is 5.69 Å². The van der Waals surface area contributed by atoms with Gasteiger partial charge >= 0.3 is 0 Å². The first kappa shape index (κ1) is 21.7. The number of benzene rings is 5. The highest BCUT2D eigenvalue weighted by Gasteiger charge is 2.25. The molecule has 1 nitrogen and oxygen atoms in total. The zero-order chi connectivity index (χ0) is 23.3. The Balaban J connectivity index is 1.75. The molecule has 5 aromatic carbocycles. The Morgan fingerprint density at radius 1 is 0.441 bits per heavy atom. The minimum Gasteiger partial charge on any atom is -0.398 e. The quantitative estimate of drug-likeness (QED) is 0.211. The number of rotatable bonds is 6. The molecule has 34 heavy (non-hydrogen) atoms. The van der Waals surface area contributed by atoms with Crippen LogP contribution in [0.25, 0.3) is 0 Å². The summed E-state index contributed by atoms with van der Waals surface area (Å²) in [4.78, 5) is 0. The molecule has 5 rings (SSSR count). The minimum atomic E-state index is 0.0632. The van der Waals surface area contributed by atoms with Crippen LogP contribution in [-0.2, 0) is 0 Å². The number of nitrogen functional groups attached to an aromatic ring is 1. The van der Waals surface area contributed by atoms with Gasteiger partial charge in [0, 0.05) is 17.5 Å². The summed E-state index contributed by atoms with van der Waals surface area (Å²) >= 11 is 0. The standard InChI is InChI=1S/C33H29N/c1-24-22-29(31(25-14-6-2-7-15-25)26-16-8-3-9-17-26)33(34)30(23-24)32(27-18-10-4-11-19-27)28-20-12-5-13-21-28/h2-23,31-32H,34H2,1H3. The summed E-state index contributed by atoms with van der Waals surface area (Å²) in [6, 6.07) is 47.2. The molecule has 0 radical (unpaired) electrons. The van der Waals surface area contributed by atoms with E-state index >= 15 is 0 Å². The molecule has 0 heterocycles. The number of hydrogen-bond donors (Lipinski definition) is 1. The second-order valence-corrected chi connectivity index (χ2v) is 8.87. The number of nitrogens with two attached hydrogens (primary N) is 1. The van der Waals surface area contributed by atoms with Crippen molar-refractivity contribution in [1.82, 2.24) is 0 Å². The van der Waals surface area contributed by atoms with Gasteiger partial charge in [0.25, 0.3) is 0 Å². The lowest BCUT2D eigenvalue weighted by molar-refractivity contribution is 0.941. The maximum absolute atomic E-state index is 7.10. The van der Waals surface area contributed by atoms with Crippen LogP contribution in [0.15, 0.2) is 133 Å². The average molecular weight is 440 g/mol. The Morgan fingerprint density at radius 3 is 0.971 bits per heavy atom. The van der Waals surface area contributed by atoms with Crippen molar-refractivity contribution in [3.63, 3.8) is 0 Å². The van der Waals surface area contributed by atoms with Crippen LogP contribution in [0.3, 0.4) is 0 Å². The van der Waals surface area contributed by atoms with E-state index in [1.807, 2.05) is 0 Å². The second kappa shape index (κ2) is 9.80. The molecule has 0 spiro atoms. The van der Waals surface area contributed by atoms with Gasteiger partial charge in [-0.1, -0.05) is 139 Å². The molecular weight excluding hydrogens is 410 g/mol. The summed E-state index contributed by atoms with van der Waals surface area (Å²) in [5.41, 5.74) is 16.5. The lowest BCUT2D eigenvalue weighted by Gasteiger charge is -2.27. The molecule has 5 aromatic rings. The number of anilines is 1. The topological polar surface area (TPSA) is 26.0 Å². The third-order valence-electron chi connectivity index (χ3n) is 6.54. The van der Waals surface area contributed by atoms with E-state index in [-0.39, 0.29) is 11.8 Å². The molecule has 0 atom stereocenters. The maximum Gasteiger partial charge on any atom is 0.0398 e. The van der Waals surface area contributed by atoms with Gasteiger partial charge in [-0.05, 0) is 40.3 Å². The van der Waals surface area contributed by atoms with Crippen molar-refractivity contribution in [2.24, 2.45) is 0 Å². The van der Waals surface area contributed by atoms with Crippen molar-refractivity contribution in [2.45, 2.75) is 18.8 Å². The van der Waals surface area contributed by atoms with Crippen molar-refractivity contribution in [3.05, 3.63) is 172 Å². The third-order valence-corrected chi connectivity index (χ3v) is 6.54. The predicted molar refractivity (Wildman–Crippen MR) is 143 cm³/mol. The summed E-state index contributed by atoms with van der Waals surface area (Å²) < 4.78 is 0. The molecule has 1 heteroatoms. The van der Waals surface area contributed by atoms with Crippen LogP contribution in [0.5, 0.6) is 0 Å². The van der Waals surface area contributed by atoms with Gasteiger partial charge in [0.05, 0.1) is 0 Å². The number of hydrogen-bond acceptors (Lipinski definition) is 1. The first-order valence-electron chi connectivity index (χ1n) is 11.8. The fourth-order valence-electron chi connectivity index (χ4n) is 5.02. The van der Waals surface area contributed by atoms with Crippen LogP contribution in [0.2, 0.25) is 0 Å². The second-order valence-electron chi connectivity index (χ2n) is 8.87. The van der Waals surface area contributed by atoms with Gasteiger partial charge in [0.1, 0.15) is 0 Å². The zero-order valence-electron chi connectivity index (χ0n) is 19.4. The van der Waals surface area contributed by atoms with Gasteiger partial charge in [-0.25, -0.2) is 0 Å². The molecule has 0 bridgehead atoms. The molecule has 0 saturated carbocycles. The Labute approximate surface area is 202 Å². The summed E-state index contributed by atoms with van der Waals surface area (Å²) in [6.07, 6.45) is 0. The molecule has 2 N–H and O–H groups in total. The fourth-order valence-corrected chi connectivity index (χ4v) is 5.02. The SMILES string of the molecule is Cc1cc(C(c2ccccc2)c2ccccc2)c(N)c(C(c2ccccc2)c2ccccc2)c1. The van der Waals surface area contributed by atoms with E-state index in [1.165, 1.54) is 27.8 Å². The largest absolute Gasteiger partial charge is 0.398 e. The van der Waals surface area contributed by atoms with Crippen LogP contribution in [0, 0.1) is 6.92 Å². The fraction of sp³-hybridized carbons (Fsp3) is 0.0909. The Hall–Kier alpha value is -4.10. The maximum atomic E-state index is 7.10. The van der Waals surface area contributed by atoms with E-state index in [0.29, 0.717) is 0 Å². The molecule has 0 amide bonds. The summed E-state index contributed by atoms with van der Waals surface area (Å²) in [5, 5.41) is 0. The highest BCUT2D eigenvalue weighted by Crippen LogP contribution is 2.42. The van der Waals surface area contributed by atoms with E-state index in [0.717, 1.165) is 16.8 Å². The van der Waals surface area contributed by atoms with Gasteiger partial charge in [-0.15, -0.1) is 0 Å². The first-order valence-corrected chi connectivity index (χ1v) is 11.8. The molecule has 0 aliphatic heterocycles. The van der Waals surface area contributed by atoms with E-state index in [2.05, 4.69) is 140 Å². The van der Waals surface area contributed by atoms with Crippen LogP contribution < -0.4 is 5.73 Å². The van der Waals surface area contributed by atoms with Gasteiger partial charge in [-0.2, -0.15) is 0 Å². The molecule has 0 saturated heterocycles. The lowest BCUT2D eigenvalue weighted by atomic mass is 9.78. The van der Waals surface area contributed by atoms with Gasteiger partial charge < -0.3 is 5.73 Å². The molecule has 0 aromatic heterocycles. The van der Waals surface area contributed by atoms with Crippen LogP contribution in [0.4, 0.5) is 5.69 Å². The van der Waals surface area contributed by atoms with Gasteiger partial charge in [-0.3, -0.25) is 0 Å². The van der Waals surface area contributed by atoms with E-state index < -0.39 is 0 Å². The molecular formula is C33H29N. The minimum absolute atomic E-state index is 0.0632.